The second-order valence-electron chi connectivity index (χ2n) is 9.39. The van der Waals surface area contributed by atoms with Crippen LogP contribution in [-0.2, 0) is 55.1 Å². The summed E-state index contributed by atoms with van der Waals surface area (Å²) in [6.45, 7) is 6.40. The molecule has 2 aromatic carbocycles. The van der Waals surface area contributed by atoms with Crippen molar-refractivity contribution < 1.29 is 52.7 Å². The fourth-order valence-corrected chi connectivity index (χ4v) is 4.72. The average molecular weight is 593 g/mol. The maximum atomic E-state index is 12.2. The number of carbonyl (C=O) groups excluding carboxylic acids is 4. The third-order valence-corrected chi connectivity index (χ3v) is 6.51. The molecule has 1 fully saturated rings. The van der Waals surface area contributed by atoms with Gasteiger partial charge in [-0.1, -0.05) is 29.8 Å². The van der Waals surface area contributed by atoms with Gasteiger partial charge in [0.2, 0.25) is 11.9 Å². The van der Waals surface area contributed by atoms with Gasteiger partial charge in [-0.15, -0.1) is 0 Å². The lowest BCUT2D eigenvalue weighted by Gasteiger charge is -2.48. The van der Waals surface area contributed by atoms with Gasteiger partial charge in [-0.3, -0.25) is 19.2 Å². The summed E-state index contributed by atoms with van der Waals surface area (Å²) in [4.78, 5) is 47.9. The van der Waals surface area contributed by atoms with Crippen LogP contribution >= 0.6 is 11.6 Å². The number of aliphatic hydroxyl groups is 1. The van der Waals surface area contributed by atoms with Crippen molar-refractivity contribution in [3.05, 3.63) is 64.2 Å². The standard InChI is InChI=1S/C29H33ClO11/c1-6-36-23-10-7-20(8-11-23)13-21-14-22(9-12-24(21)30)29(35)28(40-19(5)34)27(39-18(4)33)26(38-17(3)32)25(41-29)15-37-16(2)31/h7-12,14,25-28,35H,6,13,15H2,1-5H3/t25-,26-,27+,28-,29-/m1/s1. The Bertz CT molecular complexity index is 1260. The van der Waals surface area contributed by atoms with Crippen molar-refractivity contribution in [3.63, 3.8) is 0 Å². The fourth-order valence-electron chi connectivity index (χ4n) is 4.54. The molecule has 0 unspecified atom stereocenters. The minimum absolute atomic E-state index is 0.0975. The van der Waals surface area contributed by atoms with Gasteiger partial charge in [-0.25, -0.2) is 0 Å². The summed E-state index contributed by atoms with van der Waals surface area (Å²) in [5, 5.41) is 12.5. The number of carbonyl (C=O) groups is 4. The molecule has 11 nitrogen and oxygen atoms in total. The molecule has 0 spiro atoms. The summed E-state index contributed by atoms with van der Waals surface area (Å²) in [6, 6.07) is 11.9. The minimum Gasteiger partial charge on any atom is -0.494 e. The van der Waals surface area contributed by atoms with Crippen LogP contribution in [0.2, 0.25) is 5.02 Å². The number of rotatable bonds is 10. The molecule has 0 saturated carbocycles. The number of hydrogen-bond acceptors (Lipinski definition) is 11. The number of hydrogen-bond donors (Lipinski definition) is 1. The molecular formula is C29H33ClO11. The van der Waals surface area contributed by atoms with Crippen LogP contribution in [0.1, 0.15) is 51.3 Å². The zero-order chi connectivity index (χ0) is 30.3. The van der Waals surface area contributed by atoms with Crippen LogP contribution in [0.3, 0.4) is 0 Å². The monoisotopic (exact) mass is 592 g/mol. The zero-order valence-electron chi connectivity index (χ0n) is 23.4. The molecule has 3 rings (SSSR count). The van der Waals surface area contributed by atoms with Gasteiger partial charge in [0, 0.05) is 38.3 Å². The summed E-state index contributed by atoms with van der Waals surface area (Å²) in [5.41, 5.74) is 1.58. The number of ether oxygens (including phenoxy) is 6. The first-order valence-corrected chi connectivity index (χ1v) is 13.3. The lowest BCUT2D eigenvalue weighted by Crippen LogP contribution is -2.66. The first kappa shape index (κ1) is 31.9. The predicted octanol–water partition coefficient (Wildman–Crippen LogP) is 3.23. The van der Waals surface area contributed by atoms with Gasteiger partial charge in [0.25, 0.3) is 0 Å². The Morgan fingerprint density at radius 1 is 0.878 bits per heavy atom. The third kappa shape index (κ3) is 8.18. The van der Waals surface area contributed by atoms with E-state index in [4.69, 9.17) is 40.0 Å². The highest BCUT2D eigenvalue weighted by Gasteiger charge is 2.60. The van der Waals surface area contributed by atoms with Gasteiger partial charge in [0.1, 0.15) is 18.5 Å². The number of esters is 4. The van der Waals surface area contributed by atoms with Crippen LogP contribution in [0.25, 0.3) is 0 Å². The highest BCUT2D eigenvalue weighted by Crippen LogP contribution is 2.42. The lowest BCUT2D eigenvalue weighted by atomic mass is 9.86. The van der Waals surface area contributed by atoms with Gasteiger partial charge in [0.05, 0.1) is 6.61 Å². The van der Waals surface area contributed by atoms with E-state index in [2.05, 4.69) is 0 Å². The molecule has 1 aliphatic rings. The molecule has 12 heteroatoms. The first-order valence-electron chi connectivity index (χ1n) is 12.9. The van der Waals surface area contributed by atoms with E-state index in [9.17, 15) is 24.3 Å². The van der Waals surface area contributed by atoms with Crippen molar-refractivity contribution in [1.82, 2.24) is 0 Å². The molecule has 0 radical (unpaired) electrons. The van der Waals surface area contributed by atoms with E-state index in [1.165, 1.54) is 12.1 Å². The van der Waals surface area contributed by atoms with Crippen molar-refractivity contribution in [2.75, 3.05) is 13.2 Å². The van der Waals surface area contributed by atoms with E-state index in [0.29, 0.717) is 29.4 Å². The Morgan fingerprint density at radius 3 is 2.05 bits per heavy atom. The van der Waals surface area contributed by atoms with E-state index in [0.717, 1.165) is 33.3 Å². The molecule has 1 N–H and O–H groups in total. The topological polar surface area (TPSA) is 144 Å². The van der Waals surface area contributed by atoms with Crippen molar-refractivity contribution in [2.24, 2.45) is 0 Å². The Balaban J connectivity index is 2.10. The summed E-state index contributed by atoms with van der Waals surface area (Å²) in [5.74, 6) is -4.84. The molecule has 0 aliphatic carbocycles. The van der Waals surface area contributed by atoms with E-state index in [1.807, 2.05) is 31.2 Å². The van der Waals surface area contributed by atoms with Crippen LogP contribution in [0.15, 0.2) is 42.5 Å². The Labute approximate surface area is 242 Å². The smallest absolute Gasteiger partial charge is 0.303 e. The molecule has 1 heterocycles. The minimum atomic E-state index is -2.45. The second-order valence-corrected chi connectivity index (χ2v) is 9.80. The highest BCUT2D eigenvalue weighted by molar-refractivity contribution is 6.31. The van der Waals surface area contributed by atoms with Crippen LogP contribution in [-0.4, -0.2) is 66.6 Å². The third-order valence-electron chi connectivity index (χ3n) is 6.14. The SMILES string of the molecule is CCOc1ccc(Cc2cc([C@@]3(O)O[C@H](COC(C)=O)[C@@H](OC(C)=O)[C@H](OC(C)=O)[C@H]3OC(C)=O)ccc2Cl)cc1. The van der Waals surface area contributed by atoms with E-state index < -0.39 is 60.7 Å². The van der Waals surface area contributed by atoms with Gasteiger partial charge in [-0.2, -0.15) is 0 Å². The molecule has 1 aliphatic heterocycles. The van der Waals surface area contributed by atoms with E-state index in [-0.39, 0.29) is 5.56 Å². The van der Waals surface area contributed by atoms with Crippen molar-refractivity contribution in [1.29, 1.82) is 0 Å². The molecule has 5 atom stereocenters. The number of benzene rings is 2. The second kappa shape index (κ2) is 13.8. The van der Waals surface area contributed by atoms with Crippen LogP contribution in [0, 0.1) is 0 Å². The molecule has 1 saturated heterocycles. The normalized spacial score (nSPS) is 23.7. The molecule has 41 heavy (non-hydrogen) atoms. The summed E-state index contributed by atoms with van der Waals surface area (Å²) in [7, 11) is 0. The molecule has 0 aromatic heterocycles. The molecular weight excluding hydrogens is 560 g/mol. The zero-order valence-corrected chi connectivity index (χ0v) is 24.1. The molecule has 0 amide bonds. The van der Waals surface area contributed by atoms with E-state index in [1.54, 1.807) is 6.07 Å². The number of halogens is 1. The first-order chi connectivity index (χ1) is 19.3. The summed E-state index contributed by atoms with van der Waals surface area (Å²) < 4.78 is 32.9. The van der Waals surface area contributed by atoms with Gasteiger partial charge >= 0.3 is 23.9 Å². The van der Waals surface area contributed by atoms with Crippen molar-refractivity contribution >= 4 is 35.5 Å². The fraction of sp³-hybridized carbons (Fsp3) is 0.448. The van der Waals surface area contributed by atoms with Crippen LogP contribution in [0.4, 0.5) is 0 Å². The lowest BCUT2D eigenvalue weighted by molar-refractivity contribution is -0.360. The molecule has 2 aromatic rings. The average Bonchev–Trinajstić information content (AvgIpc) is 2.88. The summed E-state index contributed by atoms with van der Waals surface area (Å²) >= 11 is 6.51. The quantitative estimate of drug-likeness (QED) is 0.321. The van der Waals surface area contributed by atoms with E-state index >= 15 is 0 Å². The molecule has 0 bridgehead atoms. The largest absolute Gasteiger partial charge is 0.494 e. The van der Waals surface area contributed by atoms with Gasteiger partial charge in [-0.05, 0) is 48.7 Å². The van der Waals surface area contributed by atoms with Gasteiger partial charge in [0.15, 0.2) is 12.2 Å². The maximum Gasteiger partial charge on any atom is 0.303 e. The Kier molecular flexibility index (Phi) is 10.7. The maximum absolute atomic E-state index is 12.2. The predicted molar refractivity (Wildman–Crippen MR) is 144 cm³/mol. The highest BCUT2D eigenvalue weighted by atomic mass is 35.5. The van der Waals surface area contributed by atoms with Crippen molar-refractivity contribution in [2.45, 2.75) is 71.2 Å². The molecule has 222 valence electrons. The van der Waals surface area contributed by atoms with Crippen molar-refractivity contribution in [3.8, 4) is 5.75 Å². The summed E-state index contributed by atoms with van der Waals surface area (Å²) in [6.07, 6.45) is -5.61. The van der Waals surface area contributed by atoms with Gasteiger partial charge < -0.3 is 33.5 Å². The Hall–Kier alpha value is -3.67. The van der Waals surface area contributed by atoms with Crippen LogP contribution in [0.5, 0.6) is 5.75 Å². The Morgan fingerprint density at radius 2 is 1.49 bits per heavy atom. The van der Waals surface area contributed by atoms with Crippen LogP contribution < -0.4 is 4.74 Å².